The zero-order valence-corrected chi connectivity index (χ0v) is 12.5. The number of hydrogen-bond acceptors (Lipinski definition) is 4. The van der Waals surface area contributed by atoms with Crippen molar-refractivity contribution in [3.05, 3.63) is 70.8 Å². The largest absolute Gasteiger partial charge is 0.416 e. The smallest absolute Gasteiger partial charge is 0.242 e. The van der Waals surface area contributed by atoms with Gasteiger partial charge in [0, 0.05) is 0 Å². The Hall–Kier alpha value is -3.04. The van der Waals surface area contributed by atoms with E-state index in [1.165, 1.54) is 0 Å². The second-order valence-electron chi connectivity index (χ2n) is 4.89. The van der Waals surface area contributed by atoms with E-state index in [1.807, 2.05) is 0 Å². The van der Waals surface area contributed by atoms with E-state index in [9.17, 15) is 35.9 Å². The monoisotopic (exact) mass is 378 g/mol. The average Bonchev–Trinajstić information content (AvgIpc) is 2.58. The molecular formula is C16H8F6O4. The molecule has 2 rings (SSSR count). The lowest BCUT2D eigenvalue weighted by Gasteiger charge is -2.08. The fourth-order valence-corrected chi connectivity index (χ4v) is 1.76. The van der Waals surface area contributed by atoms with Crippen LogP contribution in [0, 0.1) is 0 Å². The summed E-state index contributed by atoms with van der Waals surface area (Å²) in [4.78, 5) is 31.5. The number of carbonyl (C=O) groups is 2. The maximum atomic E-state index is 12.4. The molecule has 0 radical (unpaired) electrons. The van der Waals surface area contributed by atoms with Gasteiger partial charge < -0.3 is 0 Å². The molecule has 4 nitrogen and oxygen atoms in total. The van der Waals surface area contributed by atoms with Crippen LogP contribution >= 0.6 is 0 Å². The highest BCUT2D eigenvalue weighted by Gasteiger charge is 2.31. The number of carbonyl (C=O) groups excluding carboxylic acids is 2. The normalized spacial score (nSPS) is 11.8. The molecule has 0 spiro atoms. The first-order valence-electron chi connectivity index (χ1n) is 6.76. The van der Waals surface area contributed by atoms with Crippen molar-refractivity contribution < 1.29 is 45.7 Å². The van der Waals surface area contributed by atoms with Crippen molar-refractivity contribution in [3.8, 4) is 0 Å². The van der Waals surface area contributed by atoms with Crippen molar-refractivity contribution in [1.82, 2.24) is 0 Å². The van der Waals surface area contributed by atoms with E-state index in [0.29, 0.717) is 24.3 Å². The van der Waals surface area contributed by atoms with Gasteiger partial charge in [-0.3, -0.25) is 0 Å². The van der Waals surface area contributed by atoms with Crippen molar-refractivity contribution >= 4 is 11.9 Å². The molecule has 0 atom stereocenters. The Morgan fingerprint density at radius 3 is 1.08 bits per heavy atom. The summed E-state index contributed by atoms with van der Waals surface area (Å²) in [6.45, 7) is 0. The number of alkyl halides is 6. The summed E-state index contributed by atoms with van der Waals surface area (Å²) < 4.78 is 74.5. The second kappa shape index (κ2) is 7.06. The van der Waals surface area contributed by atoms with Crippen molar-refractivity contribution in [2.45, 2.75) is 12.4 Å². The molecular weight excluding hydrogens is 370 g/mol. The third kappa shape index (κ3) is 4.74. The summed E-state index contributed by atoms with van der Waals surface area (Å²) >= 11 is 0. The molecule has 0 saturated heterocycles. The van der Waals surface area contributed by atoms with Gasteiger partial charge >= 0.3 is 24.3 Å². The first-order valence-corrected chi connectivity index (χ1v) is 6.76. The summed E-state index contributed by atoms with van der Waals surface area (Å²) in [5, 5.41) is 0. The highest BCUT2D eigenvalue weighted by atomic mass is 19.4. The van der Waals surface area contributed by atoms with Gasteiger partial charge in [0.2, 0.25) is 0 Å². The van der Waals surface area contributed by atoms with Crippen LogP contribution in [-0.2, 0) is 22.1 Å². The van der Waals surface area contributed by atoms with E-state index in [-0.39, 0.29) is 11.1 Å². The summed E-state index contributed by atoms with van der Waals surface area (Å²) in [7, 11) is 0. The molecule has 0 bridgehead atoms. The Morgan fingerprint density at radius 2 is 0.846 bits per heavy atom. The molecule has 2 aromatic rings. The van der Waals surface area contributed by atoms with Gasteiger partial charge in [-0.15, -0.1) is 0 Å². The van der Waals surface area contributed by atoms with Gasteiger partial charge in [-0.1, -0.05) is 0 Å². The van der Waals surface area contributed by atoms with Crippen LogP contribution in [0.5, 0.6) is 0 Å². The van der Waals surface area contributed by atoms with Gasteiger partial charge in [-0.05, 0) is 48.5 Å². The quantitative estimate of drug-likeness (QED) is 0.434. The van der Waals surface area contributed by atoms with Gasteiger partial charge in [0.25, 0.3) is 0 Å². The van der Waals surface area contributed by atoms with E-state index in [1.54, 1.807) is 0 Å². The van der Waals surface area contributed by atoms with Crippen LogP contribution in [0.4, 0.5) is 26.3 Å². The Kier molecular flexibility index (Phi) is 5.24. The zero-order valence-electron chi connectivity index (χ0n) is 12.5. The molecule has 0 unspecified atom stereocenters. The number of hydrogen-bond donors (Lipinski definition) is 0. The standard InChI is InChI=1S/C16H8F6O4/c17-15(18,19)11-5-1-9(2-6-11)13(23)25-26-14(24)10-3-7-12(8-4-10)16(20,21)22/h1-8H. The topological polar surface area (TPSA) is 52.6 Å². The number of rotatable bonds is 2. The summed E-state index contributed by atoms with van der Waals surface area (Å²) in [5.74, 6) is -2.50. The van der Waals surface area contributed by atoms with Crippen molar-refractivity contribution in [1.29, 1.82) is 0 Å². The van der Waals surface area contributed by atoms with E-state index in [0.717, 1.165) is 24.3 Å². The van der Waals surface area contributed by atoms with Gasteiger partial charge in [0.1, 0.15) is 0 Å². The van der Waals surface area contributed by atoms with Crippen LogP contribution in [0.1, 0.15) is 31.8 Å². The third-order valence-electron chi connectivity index (χ3n) is 3.09. The molecule has 0 aliphatic rings. The lowest BCUT2D eigenvalue weighted by atomic mass is 10.1. The molecule has 0 heterocycles. The summed E-state index contributed by atoms with van der Waals surface area (Å²) in [6, 6.07) is 5.80. The van der Waals surface area contributed by atoms with E-state index >= 15 is 0 Å². The van der Waals surface area contributed by atoms with Crippen LogP contribution in [-0.4, -0.2) is 11.9 Å². The Balaban J connectivity index is 1.97. The maximum absolute atomic E-state index is 12.4. The fourth-order valence-electron chi connectivity index (χ4n) is 1.76. The lowest BCUT2D eigenvalue weighted by Crippen LogP contribution is -2.13. The van der Waals surface area contributed by atoms with E-state index in [4.69, 9.17) is 0 Å². The van der Waals surface area contributed by atoms with Crippen LogP contribution in [0.2, 0.25) is 0 Å². The minimum atomic E-state index is -4.59. The third-order valence-corrected chi connectivity index (χ3v) is 3.09. The average molecular weight is 378 g/mol. The highest BCUT2D eigenvalue weighted by Crippen LogP contribution is 2.30. The van der Waals surface area contributed by atoms with Gasteiger partial charge in [-0.2, -0.15) is 26.3 Å². The maximum Gasteiger partial charge on any atom is 0.416 e. The van der Waals surface area contributed by atoms with Gasteiger partial charge in [-0.25, -0.2) is 19.4 Å². The van der Waals surface area contributed by atoms with Crippen LogP contribution in [0.25, 0.3) is 0 Å². The van der Waals surface area contributed by atoms with Crippen molar-refractivity contribution in [2.24, 2.45) is 0 Å². The molecule has 0 aromatic heterocycles. The van der Waals surface area contributed by atoms with Gasteiger partial charge in [0.15, 0.2) is 0 Å². The Labute approximate surface area is 141 Å². The summed E-state index contributed by atoms with van der Waals surface area (Å²) in [6.07, 6.45) is -9.17. The Morgan fingerprint density at radius 1 is 0.577 bits per heavy atom. The van der Waals surface area contributed by atoms with E-state index < -0.39 is 35.4 Å². The molecule has 0 aliphatic heterocycles. The van der Waals surface area contributed by atoms with Crippen LogP contribution < -0.4 is 0 Å². The van der Waals surface area contributed by atoms with Gasteiger partial charge in [0.05, 0.1) is 22.3 Å². The van der Waals surface area contributed by atoms with E-state index in [2.05, 4.69) is 9.78 Å². The number of halogens is 6. The number of benzene rings is 2. The molecule has 10 heteroatoms. The molecule has 0 aliphatic carbocycles. The molecule has 0 saturated carbocycles. The second-order valence-corrected chi connectivity index (χ2v) is 4.89. The van der Waals surface area contributed by atoms with Crippen molar-refractivity contribution in [2.75, 3.05) is 0 Å². The SMILES string of the molecule is O=C(OOC(=O)c1ccc(C(F)(F)F)cc1)c1ccc(C(F)(F)F)cc1. The highest BCUT2D eigenvalue weighted by molar-refractivity contribution is 5.92. The first-order chi connectivity index (χ1) is 12.0. The molecule has 138 valence electrons. The Bertz CT molecular complexity index is 722. The predicted molar refractivity (Wildman–Crippen MR) is 73.7 cm³/mol. The first kappa shape index (κ1) is 19.3. The molecule has 0 amide bonds. The van der Waals surface area contributed by atoms with Crippen molar-refractivity contribution in [3.63, 3.8) is 0 Å². The van der Waals surface area contributed by atoms with Crippen LogP contribution in [0.15, 0.2) is 48.5 Å². The molecule has 26 heavy (non-hydrogen) atoms. The fraction of sp³-hybridized carbons (Fsp3) is 0.125. The molecule has 0 N–H and O–H groups in total. The molecule has 0 fully saturated rings. The predicted octanol–water partition coefficient (Wildman–Crippen LogP) is 4.65. The minimum Gasteiger partial charge on any atom is -0.242 e. The lowest BCUT2D eigenvalue weighted by molar-refractivity contribution is -0.187. The minimum absolute atomic E-state index is 0.321. The zero-order chi connectivity index (χ0) is 19.5. The van der Waals surface area contributed by atoms with Crippen LogP contribution in [0.3, 0.4) is 0 Å². The summed E-state index contributed by atoms with van der Waals surface area (Å²) in [5.41, 5.74) is -2.62. The molecule has 2 aromatic carbocycles.